The van der Waals surface area contributed by atoms with E-state index in [1.54, 1.807) is 13.0 Å². The number of ether oxygens (including phenoxy) is 1. The first-order chi connectivity index (χ1) is 8.72. The molecule has 0 radical (unpaired) electrons. The molecule has 104 valence electrons. The van der Waals surface area contributed by atoms with Crippen LogP contribution in [0.1, 0.15) is 6.92 Å². The van der Waals surface area contributed by atoms with E-state index in [1.807, 2.05) is 6.07 Å². The van der Waals surface area contributed by atoms with Crippen LogP contribution in [0, 0.1) is 22.7 Å². The van der Waals surface area contributed by atoms with Gasteiger partial charge in [0.15, 0.2) is 0 Å². The Morgan fingerprint density at radius 3 is 1.53 bits per heavy atom. The third-order valence-electron chi connectivity index (χ3n) is 0.650. The zero-order chi connectivity index (χ0) is 16.3. The fourth-order valence-electron chi connectivity index (χ4n) is 0.0833. The van der Waals surface area contributed by atoms with E-state index in [9.17, 15) is 4.79 Å². The molecule has 0 aromatic rings. The Morgan fingerprint density at radius 1 is 1.26 bits per heavy atom. The van der Waals surface area contributed by atoms with Gasteiger partial charge in [-0.2, -0.15) is 10.5 Å². The third kappa shape index (κ3) is 126. The van der Waals surface area contributed by atoms with Crippen molar-refractivity contribution in [3.63, 3.8) is 0 Å². The molecule has 19 heavy (non-hydrogen) atoms. The summed E-state index contributed by atoms with van der Waals surface area (Å²) >= 11 is 9.69. The number of hydrogen-bond donors (Lipinski definition) is 0. The van der Waals surface area contributed by atoms with Crippen LogP contribution < -0.4 is 0 Å². The minimum absolute atomic E-state index is 0.111. The third-order valence-corrected chi connectivity index (χ3v) is 0.650. The maximum Gasteiger partial charge on any atom is 0.329 e. The summed E-state index contributed by atoms with van der Waals surface area (Å²) in [5.41, 5.74) is 0.560. The van der Waals surface area contributed by atoms with Crippen molar-refractivity contribution in [2.75, 3.05) is 7.11 Å². The molecule has 0 saturated heterocycles. The Kier molecular flexibility index (Phi) is 33.9. The van der Waals surface area contributed by atoms with Gasteiger partial charge in [-0.3, -0.25) is 0 Å². The molecule has 0 aliphatic carbocycles. The number of carbonyl (C=O) groups is 1. The van der Waals surface area contributed by atoms with Crippen LogP contribution in [-0.4, -0.2) is 13.1 Å². The summed E-state index contributed by atoms with van der Waals surface area (Å²) in [6.07, 6.45) is 2.29. The largest absolute Gasteiger partial charge is 0.466 e. The molecule has 0 aromatic carbocycles. The number of rotatable bonds is 1. The second-order valence-electron chi connectivity index (χ2n) is 2.29. The lowest BCUT2D eigenvalue weighted by Gasteiger charge is -1.83. The zero-order valence-corrected chi connectivity index (χ0v) is 12.5. The Balaban J connectivity index is -0.0000000803. The average molecular weight is 303 g/mol. The van der Waals surface area contributed by atoms with Gasteiger partial charge in [0.2, 0.25) is 0 Å². The number of nitrogens with zero attached hydrogens (tertiary/aromatic N) is 2. The van der Waals surface area contributed by atoms with E-state index < -0.39 is 5.97 Å². The normalized spacial score (nSPS) is 5.79. The summed E-state index contributed by atoms with van der Waals surface area (Å²) in [6.45, 7) is 14.3. The van der Waals surface area contributed by atoms with Crippen molar-refractivity contribution in [3.05, 3.63) is 48.5 Å². The molecule has 0 N–H and O–H groups in total. The maximum atomic E-state index is 9.84. The smallest absolute Gasteiger partial charge is 0.329 e. The van der Waals surface area contributed by atoms with Crippen molar-refractivity contribution < 1.29 is 9.53 Å². The molecule has 0 rings (SSSR count). The van der Waals surface area contributed by atoms with Crippen LogP contribution in [-0.2, 0) is 9.53 Å². The maximum absolute atomic E-state index is 9.84. The highest BCUT2D eigenvalue weighted by molar-refractivity contribution is 6.55. The standard InChI is InChI=1S/C4H5N.C4H6O2.C3H3N.C2H2Cl2/c1-4(2)3-5;1-3-4(5)6-2;1-2-3-4;1-2(3)4/h1H2,2H3;3H,1H2,2H3;2H,1H2;1H2. The molecule has 0 heterocycles. The lowest BCUT2D eigenvalue weighted by Crippen LogP contribution is -1.91. The van der Waals surface area contributed by atoms with E-state index in [2.05, 4.69) is 31.1 Å². The second-order valence-corrected chi connectivity index (χ2v) is 3.40. The minimum Gasteiger partial charge on any atom is -0.466 e. The first-order valence-corrected chi connectivity index (χ1v) is 5.25. The Morgan fingerprint density at radius 2 is 1.53 bits per heavy atom. The number of methoxy groups -OCH3 is 1. The molecule has 0 saturated carbocycles. The topological polar surface area (TPSA) is 73.9 Å². The molecule has 0 bridgehead atoms. The number of carbonyl (C=O) groups excluding carboxylic acids is 1. The molecule has 0 amide bonds. The van der Waals surface area contributed by atoms with Gasteiger partial charge in [0.25, 0.3) is 0 Å². The van der Waals surface area contributed by atoms with Crippen molar-refractivity contribution in [1.82, 2.24) is 0 Å². The van der Waals surface area contributed by atoms with E-state index >= 15 is 0 Å². The fourth-order valence-corrected chi connectivity index (χ4v) is 0.0833. The van der Waals surface area contributed by atoms with E-state index in [1.165, 1.54) is 13.2 Å². The van der Waals surface area contributed by atoms with Crippen molar-refractivity contribution in [3.8, 4) is 12.1 Å². The van der Waals surface area contributed by atoms with E-state index in [-0.39, 0.29) is 4.49 Å². The number of halogens is 2. The van der Waals surface area contributed by atoms with Gasteiger partial charge in [-0.25, -0.2) is 4.79 Å². The van der Waals surface area contributed by atoms with Crippen molar-refractivity contribution in [2.24, 2.45) is 0 Å². The summed E-state index contributed by atoms with van der Waals surface area (Å²) in [5.74, 6) is -0.394. The summed E-state index contributed by atoms with van der Waals surface area (Å²) in [4.78, 5) is 9.84. The molecule has 0 atom stereocenters. The van der Waals surface area contributed by atoms with Crippen LogP contribution in [0.5, 0.6) is 0 Å². The molecular formula is C13H16Cl2N2O2. The second kappa shape index (κ2) is 25.0. The lowest BCUT2D eigenvalue weighted by atomic mass is 10.4. The fraction of sp³-hybridized carbons (Fsp3) is 0.154. The van der Waals surface area contributed by atoms with Crippen LogP contribution in [0.2, 0.25) is 0 Å². The quantitative estimate of drug-likeness (QED) is 0.416. The van der Waals surface area contributed by atoms with E-state index in [0.717, 1.165) is 6.08 Å². The number of allylic oxidation sites excluding steroid dienone is 2. The Labute approximate surface area is 124 Å². The van der Waals surface area contributed by atoms with Crippen LogP contribution in [0.3, 0.4) is 0 Å². The molecule has 6 heteroatoms. The van der Waals surface area contributed by atoms with Gasteiger partial charge < -0.3 is 4.74 Å². The van der Waals surface area contributed by atoms with Crippen LogP contribution in [0.25, 0.3) is 0 Å². The van der Waals surface area contributed by atoms with Gasteiger partial charge in [0.1, 0.15) is 0 Å². The van der Waals surface area contributed by atoms with Gasteiger partial charge in [-0.15, -0.1) is 0 Å². The Hall–Kier alpha value is -2.01. The van der Waals surface area contributed by atoms with Gasteiger partial charge in [0.05, 0.1) is 23.7 Å². The summed E-state index contributed by atoms with van der Waals surface area (Å²) in [6, 6.07) is 3.53. The minimum atomic E-state index is -0.394. The van der Waals surface area contributed by atoms with Gasteiger partial charge in [-0.05, 0) is 6.92 Å². The zero-order valence-electron chi connectivity index (χ0n) is 10.9. The monoisotopic (exact) mass is 302 g/mol. The van der Waals surface area contributed by atoms with E-state index in [4.69, 9.17) is 33.7 Å². The van der Waals surface area contributed by atoms with Gasteiger partial charge in [0, 0.05) is 17.7 Å². The predicted octanol–water partition coefficient (Wildman–Crippen LogP) is 4.06. The summed E-state index contributed by atoms with van der Waals surface area (Å²) in [7, 11) is 1.31. The first kappa shape index (κ1) is 25.7. The molecule has 4 nitrogen and oxygen atoms in total. The van der Waals surface area contributed by atoms with Crippen molar-refractivity contribution in [2.45, 2.75) is 6.92 Å². The predicted molar refractivity (Wildman–Crippen MR) is 79.3 cm³/mol. The van der Waals surface area contributed by atoms with E-state index in [0.29, 0.717) is 5.57 Å². The molecule has 0 aliphatic heterocycles. The lowest BCUT2D eigenvalue weighted by molar-refractivity contribution is -0.134. The first-order valence-electron chi connectivity index (χ1n) is 4.49. The average Bonchev–Trinajstić information content (AvgIpc) is 2.38. The highest BCUT2D eigenvalue weighted by Crippen LogP contribution is 1.98. The number of esters is 1. The Bertz CT molecular complexity index is 373. The van der Waals surface area contributed by atoms with Gasteiger partial charge >= 0.3 is 5.97 Å². The molecule has 0 aromatic heterocycles. The SMILES string of the molecule is C=C(C)C#N.C=C(Cl)Cl.C=CC#N.C=CC(=O)OC. The highest BCUT2D eigenvalue weighted by Gasteiger charge is 1.81. The molecule has 0 aliphatic rings. The van der Waals surface area contributed by atoms with Crippen LogP contribution in [0.15, 0.2) is 48.5 Å². The van der Waals surface area contributed by atoms with Crippen LogP contribution >= 0.6 is 23.2 Å². The van der Waals surface area contributed by atoms with Crippen molar-refractivity contribution in [1.29, 1.82) is 10.5 Å². The van der Waals surface area contributed by atoms with Crippen LogP contribution in [0.4, 0.5) is 0 Å². The summed E-state index contributed by atoms with van der Waals surface area (Å²) < 4.78 is 4.25. The highest BCUT2D eigenvalue weighted by atomic mass is 35.5. The molecular weight excluding hydrogens is 287 g/mol. The molecule has 0 spiro atoms. The number of hydrogen-bond acceptors (Lipinski definition) is 4. The van der Waals surface area contributed by atoms with Crippen molar-refractivity contribution >= 4 is 29.2 Å². The number of nitriles is 2. The molecule has 0 fully saturated rings. The molecule has 0 unspecified atom stereocenters. The van der Waals surface area contributed by atoms with Gasteiger partial charge in [-0.1, -0.05) is 49.5 Å². The summed E-state index contributed by atoms with van der Waals surface area (Å²) in [5, 5.41) is 15.3.